The summed E-state index contributed by atoms with van der Waals surface area (Å²) in [5.74, 6) is 0.917. The molecule has 0 atom stereocenters. The molecule has 0 bridgehead atoms. The summed E-state index contributed by atoms with van der Waals surface area (Å²) < 4.78 is 10.6. The average Bonchev–Trinajstić information content (AvgIpc) is 3.46. The van der Waals surface area contributed by atoms with Crippen molar-refractivity contribution < 1.29 is 19.4 Å². The van der Waals surface area contributed by atoms with E-state index in [0.29, 0.717) is 16.6 Å². The Bertz CT molecular complexity index is 1420. The number of aromatic hydroxyl groups is 1. The van der Waals surface area contributed by atoms with Crippen molar-refractivity contribution in [1.29, 1.82) is 0 Å². The van der Waals surface area contributed by atoms with Crippen LogP contribution in [0.5, 0.6) is 11.5 Å². The Balaban J connectivity index is 1.20. The van der Waals surface area contributed by atoms with Crippen molar-refractivity contribution in [3.8, 4) is 22.1 Å². The molecule has 202 valence electrons. The van der Waals surface area contributed by atoms with Gasteiger partial charge in [-0.05, 0) is 60.0 Å². The zero-order valence-corrected chi connectivity index (χ0v) is 22.5. The van der Waals surface area contributed by atoms with E-state index in [-0.39, 0.29) is 18.2 Å². The molecule has 1 aliphatic rings. The van der Waals surface area contributed by atoms with E-state index in [1.807, 2.05) is 24.3 Å². The van der Waals surface area contributed by atoms with Crippen molar-refractivity contribution in [3.05, 3.63) is 82.9 Å². The lowest BCUT2D eigenvalue weighted by Gasteiger charge is -2.26. The van der Waals surface area contributed by atoms with Gasteiger partial charge in [-0.3, -0.25) is 9.69 Å². The van der Waals surface area contributed by atoms with Crippen molar-refractivity contribution in [3.63, 3.8) is 0 Å². The third-order valence-corrected chi connectivity index (χ3v) is 7.49. The summed E-state index contributed by atoms with van der Waals surface area (Å²) in [6.45, 7) is 4.86. The summed E-state index contributed by atoms with van der Waals surface area (Å²) in [5, 5.41) is 16.0. The maximum atomic E-state index is 12.7. The van der Waals surface area contributed by atoms with Gasteiger partial charge in [0.2, 0.25) is 5.95 Å². The highest BCUT2D eigenvalue weighted by Crippen LogP contribution is 2.28. The molecule has 1 aliphatic heterocycles. The number of morpholine rings is 1. The number of nitrogens with one attached hydrogen (secondary N) is 2. The van der Waals surface area contributed by atoms with Crippen LogP contribution >= 0.6 is 11.3 Å². The van der Waals surface area contributed by atoms with Gasteiger partial charge in [0.1, 0.15) is 11.5 Å². The molecule has 2 aromatic carbocycles. The van der Waals surface area contributed by atoms with Gasteiger partial charge in [-0.2, -0.15) is 0 Å². The van der Waals surface area contributed by atoms with Gasteiger partial charge in [0.15, 0.2) is 0 Å². The highest BCUT2D eigenvalue weighted by molar-refractivity contribution is 7.17. The van der Waals surface area contributed by atoms with Crippen LogP contribution in [0.25, 0.3) is 10.6 Å². The van der Waals surface area contributed by atoms with Gasteiger partial charge in [-0.15, -0.1) is 11.3 Å². The van der Waals surface area contributed by atoms with Crippen molar-refractivity contribution in [1.82, 2.24) is 20.2 Å². The van der Waals surface area contributed by atoms with Crippen LogP contribution in [-0.4, -0.2) is 65.8 Å². The molecule has 3 heterocycles. The maximum absolute atomic E-state index is 12.7. The van der Waals surface area contributed by atoms with Crippen LogP contribution in [0.15, 0.2) is 66.9 Å². The van der Waals surface area contributed by atoms with Crippen LogP contribution in [0.3, 0.4) is 0 Å². The molecule has 5 rings (SSSR count). The van der Waals surface area contributed by atoms with E-state index in [1.165, 1.54) is 30.1 Å². The van der Waals surface area contributed by atoms with Crippen LogP contribution in [0, 0.1) is 0 Å². The number of amides is 1. The van der Waals surface area contributed by atoms with Crippen LogP contribution in [0.1, 0.15) is 20.8 Å². The molecule has 0 saturated carbocycles. The first-order valence-corrected chi connectivity index (χ1v) is 13.6. The summed E-state index contributed by atoms with van der Waals surface area (Å²) in [5.41, 5.74) is 3.66. The summed E-state index contributed by atoms with van der Waals surface area (Å²) in [4.78, 5) is 25.7. The van der Waals surface area contributed by atoms with Crippen LogP contribution in [0.4, 0.5) is 11.6 Å². The Morgan fingerprint density at radius 3 is 2.82 bits per heavy atom. The molecule has 0 spiro atoms. The summed E-state index contributed by atoms with van der Waals surface area (Å²) in [6, 6.07) is 18.7. The second kappa shape index (κ2) is 12.7. The molecule has 1 saturated heterocycles. The Morgan fingerprint density at radius 1 is 1.10 bits per heavy atom. The highest BCUT2D eigenvalue weighted by atomic mass is 32.1. The first-order chi connectivity index (χ1) is 19.1. The third kappa shape index (κ3) is 7.32. The van der Waals surface area contributed by atoms with E-state index >= 15 is 0 Å². The molecule has 0 aliphatic carbocycles. The topological polar surface area (TPSA) is 109 Å². The number of carbonyl (C=O) groups excluding carboxylic acids is 1. The zero-order valence-electron chi connectivity index (χ0n) is 21.7. The van der Waals surface area contributed by atoms with Crippen LogP contribution in [0.2, 0.25) is 0 Å². The molecule has 2 aromatic heterocycles. The molecular weight excluding hydrogens is 514 g/mol. The number of phenolic OH excluding ortho intramolecular Hbond substituents is 1. The monoisotopic (exact) mass is 545 g/mol. The SMILES string of the molecule is COc1cc(O)cc(CNC(=O)c2ccc(-c3ccnc(Nc4cccc(CCN5CCOCC5)c4)n3)s2)c1. The molecule has 0 unspecified atom stereocenters. The van der Waals surface area contributed by atoms with Crippen LogP contribution < -0.4 is 15.4 Å². The number of aromatic nitrogens is 2. The van der Waals surface area contributed by atoms with Crippen molar-refractivity contribution >= 4 is 28.9 Å². The van der Waals surface area contributed by atoms with Gasteiger partial charge in [-0.1, -0.05) is 12.1 Å². The van der Waals surface area contributed by atoms with E-state index in [9.17, 15) is 9.90 Å². The first kappa shape index (κ1) is 26.6. The van der Waals surface area contributed by atoms with Gasteiger partial charge >= 0.3 is 0 Å². The standard InChI is InChI=1S/C29H31N5O4S/c1-37-24-17-21(16-23(35)18-24)19-31-28(36)27-6-5-26(39-27)25-7-9-30-29(33-25)32-22-4-2-3-20(15-22)8-10-34-11-13-38-14-12-34/h2-7,9,15-18,35H,8,10-14,19H2,1H3,(H,31,36)(H,30,32,33). The molecule has 0 radical (unpaired) electrons. The second-order valence-electron chi connectivity index (χ2n) is 9.18. The molecule has 3 N–H and O–H groups in total. The summed E-state index contributed by atoms with van der Waals surface area (Å²) >= 11 is 1.36. The average molecular weight is 546 g/mol. The molecule has 9 nitrogen and oxygen atoms in total. The first-order valence-electron chi connectivity index (χ1n) is 12.8. The third-order valence-electron chi connectivity index (χ3n) is 6.38. The molecule has 4 aromatic rings. The van der Waals surface area contributed by atoms with Gasteiger partial charge in [-0.25, -0.2) is 9.97 Å². The number of benzene rings is 2. The largest absolute Gasteiger partial charge is 0.508 e. The predicted octanol–water partition coefficient (Wildman–Crippen LogP) is 4.47. The fourth-order valence-electron chi connectivity index (χ4n) is 4.33. The number of hydrogen-bond donors (Lipinski definition) is 3. The molecule has 10 heteroatoms. The maximum Gasteiger partial charge on any atom is 0.261 e. The number of phenols is 1. The van der Waals surface area contributed by atoms with Crippen molar-refractivity contribution in [2.45, 2.75) is 13.0 Å². The number of hydrogen-bond acceptors (Lipinski definition) is 9. The molecular formula is C29H31N5O4S. The number of thiophene rings is 1. The number of carbonyl (C=O) groups is 1. The number of methoxy groups -OCH3 is 1. The summed E-state index contributed by atoms with van der Waals surface area (Å²) in [6.07, 6.45) is 2.68. The van der Waals surface area contributed by atoms with E-state index in [1.54, 1.807) is 24.4 Å². The number of ether oxygens (including phenoxy) is 2. The minimum absolute atomic E-state index is 0.0879. The smallest absolute Gasteiger partial charge is 0.261 e. The number of nitrogens with zero attached hydrogens (tertiary/aromatic N) is 3. The Hall–Kier alpha value is -3.99. The van der Waals surface area contributed by atoms with Crippen LogP contribution in [-0.2, 0) is 17.7 Å². The lowest BCUT2D eigenvalue weighted by atomic mass is 10.1. The normalized spacial score (nSPS) is 13.7. The van der Waals surface area contributed by atoms with Crippen molar-refractivity contribution in [2.75, 3.05) is 45.3 Å². The number of rotatable bonds is 10. The second-order valence-corrected chi connectivity index (χ2v) is 10.3. The Morgan fingerprint density at radius 2 is 1.97 bits per heavy atom. The van der Waals surface area contributed by atoms with E-state index in [0.717, 1.165) is 61.1 Å². The van der Waals surface area contributed by atoms with Crippen molar-refractivity contribution in [2.24, 2.45) is 0 Å². The van der Waals surface area contributed by atoms with Gasteiger partial charge in [0.25, 0.3) is 5.91 Å². The quantitative estimate of drug-likeness (QED) is 0.268. The fourth-order valence-corrected chi connectivity index (χ4v) is 5.22. The molecule has 1 amide bonds. The fraction of sp³-hybridized carbons (Fsp3) is 0.276. The highest BCUT2D eigenvalue weighted by Gasteiger charge is 2.13. The van der Waals surface area contributed by atoms with Gasteiger partial charge < -0.3 is 25.2 Å². The Labute approximate surface area is 231 Å². The minimum atomic E-state index is -0.199. The van der Waals surface area contributed by atoms with Gasteiger partial charge in [0.05, 0.1) is 35.8 Å². The zero-order chi connectivity index (χ0) is 27.0. The molecule has 39 heavy (non-hydrogen) atoms. The molecule has 1 fully saturated rings. The lowest BCUT2D eigenvalue weighted by Crippen LogP contribution is -2.37. The Kier molecular flexibility index (Phi) is 8.67. The predicted molar refractivity (Wildman–Crippen MR) is 152 cm³/mol. The minimum Gasteiger partial charge on any atom is -0.508 e. The van der Waals surface area contributed by atoms with E-state index in [4.69, 9.17) is 9.47 Å². The summed E-state index contributed by atoms with van der Waals surface area (Å²) in [7, 11) is 1.53. The van der Waals surface area contributed by atoms with Gasteiger partial charge in [0, 0.05) is 44.1 Å². The lowest BCUT2D eigenvalue weighted by molar-refractivity contribution is 0.0384. The van der Waals surface area contributed by atoms with E-state index < -0.39 is 0 Å². The number of anilines is 2. The van der Waals surface area contributed by atoms with E-state index in [2.05, 4.69) is 37.6 Å².